The lowest BCUT2D eigenvalue weighted by Crippen LogP contribution is -2.35. The van der Waals surface area contributed by atoms with Crippen LogP contribution in [0.3, 0.4) is 0 Å². The Morgan fingerprint density at radius 1 is 1.04 bits per heavy atom. The molecule has 0 radical (unpaired) electrons. The lowest BCUT2D eigenvalue weighted by Gasteiger charge is -2.24. The number of aromatic nitrogens is 1. The predicted molar refractivity (Wildman–Crippen MR) is 107 cm³/mol. The number of carbonyl (C=O) groups is 2. The zero-order chi connectivity index (χ0) is 20.1. The number of ether oxygens (including phenoxy) is 1. The van der Waals surface area contributed by atoms with Gasteiger partial charge in [0.15, 0.2) is 0 Å². The van der Waals surface area contributed by atoms with Crippen molar-refractivity contribution in [3.63, 3.8) is 0 Å². The number of likely N-dealkylation sites (N-methyl/N-ethyl adjacent to an activating group) is 2. The van der Waals surface area contributed by atoms with Gasteiger partial charge in [0, 0.05) is 37.6 Å². The van der Waals surface area contributed by atoms with Crippen LogP contribution in [0.25, 0.3) is 5.57 Å². The Balaban J connectivity index is 2.03. The van der Waals surface area contributed by atoms with Crippen LogP contribution in [0.4, 0.5) is 0 Å². The van der Waals surface area contributed by atoms with Gasteiger partial charge in [0.1, 0.15) is 11.4 Å². The topological polar surface area (TPSA) is 62.7 Å². The first-order valence-electron chi connectivity index (χ1n) is 9.50. The molecule has 6 heteroatoms. The number of carbonyl (C=O) groups excluding carboxylic acids is 2. The second kappa shape index (κ2) is 8.69. The highest BCUT2D eigenvalue weighted by Gasteiger charge is 2.41. The summed E-state index contributed by atoms with van der Waals surface area (Å²) >= 11 is 0. The van der Waals surface area contributed by atoms with Crippen molar-refractivity contribution in [2.45, 2.75) is 20.3 Å². The summed E-state index contributed by atoms with van der Waals surface area (Å²) in [6.45, 7) is 5.39. The Hall–Kier alpha value is -3.15. The van der Waals surface area contributed by atoms with Crippen molar-refractivity contribution in [3.05, 3.63) is 65.6 Å². The molecule has 1 aliphatic heterocycles. The molecule has 2 heterocycles. The molecule has 6 nitrogen and oxygen atoms in total. The summed E-state index contributed by atoms with van der Waals surface area (Å²) in [4.78, 5) is 33.5. The number of rotatable bonds is 8. The summed E-state index contributed by atoms with van der Waals surface area (Å²) in [5.74, 6) is 0.0682. The summed E-state index contributed by atoms with van der Waals surface area (Å²) in [6, 6.07) is 11.3. The highest BCUT2D eigenvalue weighted by atomic mass is 16.5. The molecule has 0 unspecified atom stereocenters. The summed E-state index contributed by atoms with van der Waals surface area (Å²) in [5, 5.41) is 0. The monoisotopic (exact) mass is 379 g/mol. The molecule has 0 fully saturated rings. The maximum atomic E-state index is 13.1. The van der Waals surface area contributed by atoms with Crippen LogP contribution in [-0.2, 0) is 16.0 Å². The second-order valence-corrected chi connectivity index (χ2v) is 6.46. The Morgan fingerprint density at radius 3 is 2.39 bits per heavy atom. The minimum Gasteiger partial charge on any atom is -0.496 e. The van der Waals surface area contributed by atoms with Crippen molar-refractivity contribution < 1.29 is 14.3 Å². The molecule has 1 aliphatic rings. The normalized spacial score (nSPS) is 14.0. The second-order valence-electron chi connectivity index (χ2n) is 6.46. The van der Waals surface area contributed by atoms with E-state index in [2.05, 4.69) is 4.98 Å². The van der Waals surface area contributed by atoms with E-state index in [1.165, 1.54) is 4.90 Å². The Bertz CT molecular complexity index is 893. The highest BCUT2D eigenvalue weighted by molar-refractivity contribution is 6.36. The van der Waals surface area contributed by atoms with Gasteiger partial charge in [-0.1, -0.05) is 18.2 Å². The van der Waals surface area contributed by atoms with Gasteiger partial charge in [-0.05, 0) is 44.0 Å². The average molecular weight is 379 g/mol. The van der Waals surface area contributed by atoms with E-state index in [0.717, 1.165) is 12.0 Å². The van der Waals surface area contributed by atoms with Crippen LogP contribution in [0.1, 0.15) is 25.0 Å². The molecule has 0 atom stereocenters. The van der Waals surface area contributed by atoms with Gasteiger partial charge in [-0.25, -0.2) is 0 Å². The molecule has 2 aromatic rings. The summed E-state index contributed by atoms with van der Waals surface area (Å²) in [6.07, 6.45) is 4.27. The number of hydrogen-bond donors (Lipinski definition) is 0. The van der Waals surface area contributed by atoms with Crippen molar-refractivity contribution in [1.82, 2.24) is 14.8 Å². The zero-order valence-corrected chi connectivity index (χ0v) is 16.5. The smallest absolute Gasteiger partial charge is 0.277 e. The fourth-order valence-electron chi connectivity index (χ4n) is 3.48. The minimum atomic E-state index is -0.269. The van der Waals surface area contributed by atoms with Crippen LogP contribution in [0.15, 0.2) is 54.5 Å². The van der Waals surface area contributed by atoms with Gasteiger partial charge < -0.3 is 9.64 Å². The Labute approximate surface area is 165 Å². The molecule has 0 saturated heterocycles. The van der Waals surface area contributed by atoms with Gasteiger partial charge >= 0.3 is 0 Å². The maximum Gasteiger partial charge on any atom is 0.277 e. The summed E-state index contributed by atoms with van der Waals surface area (Å²) in [7, 11) is 1.57. The SMILES string of the molecule is CCN(CCc1ccncc1)C1=C(c2ccccc2OC)C(=O)N(CC)C1=O. The first-order chi connectivity index (χ1) is 13.6. The highest BCUT2D eigenvalue weighted by Crippen LogP contribution is 2.36. The van der Waals surface area contributed by atoms with Crippen molar-refractivity contribution in [2.24, 2.45) is 0 Å². The van der Waals surface area contributed by atoms with Crippen LogP contribution in [0.5, 0.6) is 5.75 Å². The minimum absolute atomic E-state index is 0.245. The van der Waals surface area contributed by atoms with Gasteiger partial charge in [0.05, 0.1) is 12.7 Å². The molecule has 1 aromatic carbocycles. The molecule has 1 aromatic heterocycles. The van der Waals surface area contributed by atoms with Crippen molar-refractivity contribution in [1.29, 1.82) is 0 Å². The zero-order valence-electron chi connectivity index (χ0n) is 16.5. The van der Waals surface area contributed by atoms with Crippen molar-refractivity contribution in [3.8, 4) is 5.75 Å². The van der Waals surface area contributed by atoms with Crippen LogP contribution in [0.2, 0.25) is 0 Å². The standard InChI is InChI=1S/C22H25N3O3/c1-4-24(15-12-16-10-13-23-14-11-16)20-19(21(26)25(5-2)22(20)27)17-8-6-7-9-18(17)28-3/h6-11,13-14H,4-5,12,15H2,1-3H3. The van der Waals surface area contributed by atoms with E-state index in [1.807, 2.05) is 49.1 Å². The lowest BCUT2D eigenvalue weighted by atomic mass is 10.0. The van der Waals surface area contributed by atoms with E-state index in [4.69, 9.17) is 4.74 Å². The van der Waals surface area contributed by atoms with E-state index in [1.54, 1.807) is 25.6 Å². The molecule has 0 N–H and O–H groups in total. The van der Waals surface area contributed by atoms with E-state index >= 15 is 0 Å². The lowest BCUT2D eigenvalue weighted by molar-refractivity contribution is -0.137. The first kappa shape index (κ1) is 19.6. The number of amides is 2. The van der Waals surface area contributed by atoms with Crippen LogP contribution in [-0.4, -0.2) is 53.3 Å². The molecular weight excluding hydrogens is 354 g/mol. The molecule has 28 heavy (non-hydrogen) atoms. The van der Waals surface area contributed by atoms with Gasteiger partial charge in [-0.15, -0.1) is 0 Å². The van der Waals surface area contributed by atoms with E-state index in [-0.39, 0.29) is 11.8 Å². The Kier molecular flexibility index (Phi) is 6.09. The van der Waals surface area contributed by atoms with Crippen LogP contribution in [0, 0.1) is 0 Å². The number of imide groups is 1. The average Bonchev–Trinajstić information content (AvgIpc) is 2.98. The maximum absolute atomic E-state index is 13.1. The third kappa shape index (κ3) is 3.63. The molecule has 0 aliphatic carbocycles. The number of pyridine rings is 1. The molecule has 0 bridgehead atoms. The number of para-hydroxylation sites is 1. The quantitative estimate of drug-likeness (QED) is 0.660. The van der Waals surface area contributed by atoms with Crippen molar-refractivity contribution in [2.75, 3.05) is 26.7 Å². The molecule has 0 saturated carbocycles. The van der Waals surface area contributed by atoms with Gasteiger partial charge in [0.2, 0.25) is 0 Å². The number of methoxy groups -OCH3 is 1. The third-order valence-corrected chi connectivity index (χ3v) is 4.95. The number of nitrogens with zero attached hydrogens (tertiary/aromatic N) is 3. The predicted octanol–water partition coefficient (Wildman–Crippen LogP) is 2.75. The Morgan fingerprint density at radius 2 is 1.75 bits per heavy atom. The van der Waals surface area contributed by atoms with E-state index in [0.29, 0.717) is 42.2 Å². The van der Waals surface area contributed by atoms with E-state index < -0.39 is 0 Å². The third-order valence-electron chi connectivity index (χ3n) is 4.95. The fourth-order valence-corrected chi connectivity index (χ4v) is 3.48. The van der Waals surface area contributed by atoms with Gasteiger partial charge in [-0.2, -0.15) is 0 Å². The van der Waals surface area contributed by atoms with Gasteiger partial charge in [-0.3, -0.25) is 19.5 Å². The molecule has 2 amide bonds. The van der Waals surface area contributed by atoms with Crippen LogP contribution < -0.4 is 4.74 Å². The summed E-state index contributed by atoms with van der Waals surface area (Å²) < 4.78 is 5.46. The molecular formula is C22H25N3O3. The fraction of sp³-hybridized carbons (Fsp3) is 0.318. The number of benzene rings is 1. The molecule has 0 spiro atoms. The van der Waals surface area contributed by atoms with E-state index in [9.17, 15) is 9.59 Å². The number of hydrogen-bond acceptors (Lipinski definition) is 5. The first-order valence-corrected chi connectivity index (χ1v) is 9.50. The largest absolute Gasteiger partial charge is 0.496 e. The van der Waals surface area contributed by atoms with Gasteiger partial charge in [0.25, 0.3) is 11.8 Å². The molecule has 146 valence electrons. The molecule has 3 rings (SSSR count). The van der Waals surface area contributed by atoms with Crippen LogP contribution >= 0.6 is 0 Å². The summed E-state index contributed by atoms with van der Waals surface area (Å²) in [5.41, 5.74) is 2.66. The van der Waals surface area contributed by atoms with Crippen molar-refractivity contribution >= 4 is 17.4 Å².